The zero-order chi connectivity index (χ0) is 11.8. The van der Waals surface area contributed by atoms with Crippen molar-refractivity contribution >= 4 is 21.5 Å². The van der Waals surface area contributed by atoms with E-state index in [0.29, 0.717) is 5.92 Å². The minimum absolute atomic E-state index is 0.708. The highest BCUT2D eigenvalue weighted by Gasteiger charge is 2.31. The van der Waals surface area contributed by atoms with Gasteiger partial charge in [-0.3, -0.25) is 0 Å². The molecule has 0 saturated carbocycles. The quantitative estimate of drug-likeness (QED) is 0.851. The van der Waals surface area contributed by atoms with Crippen LogP contribution < -0.4 is 10.1 Å². The Morgan fingerprint density at radius 3 is 3.12 bits per heavy atom. The monoisotopic (exact) mass is 294 g/mol. The summed E-state index contributed by atoms with van der Waals surface area (Å²) in [6, 6.07) is 2.07. The van der Waals surface area contributed by atoms with Crippen molar-refractivity contribution in [1.82, 2.24) is 10.3 Å². The number of allylic oxidation sites excluding steroid dienone is 1. The Kier molecular flexibility index (Phi) is 2.92. The average molecular weight is 295 g/mol. The summed E-state index contributed by atoms with van der Waals surface area (Å²) in [4.78, 5) is 4.32. The number of halogens is 1. The zero-order valence-electron chi connectivity index (χ0n) is 9.74. The van der Waals surface area contributed by atoms with Gasteiger partial charge in [-0.2, -0.15) is 0 Å². The van der Waals surface area contributed by atoms with Crippen LogP contribution in [0.2, 0.25) is 0 Å². The van der Waals surface area contributed by atoms with Crippen LogP contribution in [0.15, 0.2) is 22.9 Å². The van der Waals surface area contributed by atoms with Crippen molar-refractivity contribution in [1.29, 1.82) is 0 Å². The predicted molar refractivity (Wildman–Crippen MR) is 70.9 cm³/mol. The van der Waals surface area contributed by atoms with Gasteiger partial charge in [0.1, 0.15) is 4.60 Å². The summed E-state index contributed by atoms with van der Waals surface area (Å²) in [5.74, 6) is 2.29. The Labute approximate surface area is 109 Å². The van der Waals surface area contributed by atoms with Gasteiger partial charge in [0.25, 0.3) is 0 Å². The van der Waals surface area contributed by atoms with Gasteiger partial charge in [-0.1, -0.05) is 6.08 Å². The maximum absolute atomic E-state index is 5.29. The van der Waals surface area contributed by atoms with Crippen LogP contribution in [0.1, 0.15) is 12.0 Å². The van der Waals surface area contributed by atoms with Crippen molar-refractivity contribution in [3.05, 3.63) is 28.5 Å². The van der Waals surface area contributed by atoms with Gasteiger partial charge in [-0.15, -0.1) is 0 Å². The maximum Gasteiger partial charge on any atom is 0.152 e. The number of hydrogen-bond donors (Lipinski definition) is 1. The molecule has 1 aromatic heterocycles. The van der Waals surface area contributed by atoms with Gasteiger partial charge in [0.2, 0.25) is 0 Å². The Morgan fingerprint density at radius 2 is 2.35 bits per heavy atom. The summed E-state index contributed by atoms with van der Waals surface area (Å²) >= 11 is 3.38. The normalized spacial score (nSPS) is 26.8. The highest BCUT2D eigenvalue weighted by atomic mass is 79.9. The van der Waals surface area contributed by atoms with Crippen LogP contribution in [-0.4, -0.2) is 25.2 Å². The minimum Gasteiger partial charge on any atom is -0.494 e. The maximum atomic E-state index is 5.29. The van der Waals surface area contributed by atoms with Gasteiger partial charge in [-0.05, 0) is 57.9 Å². The molecule has 1 aliphatic heterocycles. The lowest BCUT2D eigenvalue weighted by Crippen LogP contribution is -2.09. The summed E-state index contributed by atoms with van der Waals surface area (Å²) in [7, 11) is 1.67. The van der Waals surface area contributed by atoms with Crippen molar-refractivity contribution in [3.8, 4) is 5.75 Å². The molecule has 4 heteroatoms. The number of nitrogens with one attached hydrogen (secondary N) is 1. The van der Waals surface area contributed by atoms with E-state index in [1.54, 1.807) is 7.11 Å². The molecule has 90 valence electrons. The topological polar surface area (TPSA) is 34.1 Å². The van der Waals surface area contributed by atoms with Crippen molar-refractivity contribution in [2.75, 3.05) is 20.2 Å². The van der Waals surface area contributed by atoms with E-state index >= 15 is 0 Å². The number of pyridine rings is 1. The Balaban J connectivity index is 1.90. The van der Waals surface area contributed by atoms with E-state index in [9.17, 15) is 0 Å². The molecule has 1 saturated heterocycles. The van der Waals surface area contributed by atoms with E-state index < -0.39 is 0 Å². The van der Waals surface area contributed by atoms with Crippen LogP contribution in [-0.2, 0) is 0 Å². The van der Waals surface area contributed by atoms with Gasteiger partial charge < -0.3 is 10.1 Å². The number of ether oxygens (including phenoxy) is 1. The molecule has 0 radical (unpaired) electrons. The lowest BCUT2D eigenvalue weighted by molar-refractivity contribution is 0.409. The molecule has 1 aliphatic carbocycles. The first-order valence-corrected chi connectivity index (χ1v) is 6.68. The zero-order valence-corrected chi connectivity index (χ0v) is 11.3. The van der Waals surface area contributed by atoms with Gasteiger partial charge in [-0.25, -0.2) is 4.98 Å². The molecule has 2 atom stereocenters. The third-order valence-electron chi connectivity index (χ3n) is 3.69. The standard InChI is InChI=1S/C13H15BrN2O/c1-17-12-4-11(7-16-13(12)14)8-2-9-5-15-6-10(9)3-8/h2,4,7,9-10,15H,3,5-6H2,1H3/t9-,10+/m0/s1. The first kappa shape index (κ1) is 11.2. The fourth-order valence-electron chi connectivity index (χ4n) is 2.74. The average Bonchev–Trinajstić information content (AvgIpc) is 2.90. The van der Waals surface area contributed by atoms with Crippen molar-refractivity contribution in [2.45, 2.75) is 6.42 Å². The molecule has 0 bridgehead atoms. The van der Waals surface area contributed by atoms with E-state index in [0.717, 1.165) is 35.8 Å². The molecule has 0 spiro atoms. The molecule has 0 unspecified atom stereocenters. The Hall–Kier alpha value is -0.870. The summed E-state index contributed by atoms with van der Waals surface area (Å²) in [6.07, 6.45) is 5.48. The van der Waals surface area contributed by atoms with Crippen LogP contribution >= 0.6 is 15.9 Å². The third-order valence-corrected chi connectivity index (χ3v) is 4.28. The first-order valence-electron chi connectivity index (χ1n) is 5.89. The number of aromatic nitrogens is 1. The van der Waals surface area contributed by atoms with Crippen LogP contribution in [0.5, 0.6) is 5.75 Å². The van der Waals surface area contributed by atoms with Crippen LogP contribution in [0.25, 0.3) is 5.57 Å². The second-order valence-electron chi connectivity index (χ2n) is 4.70. The van der Waals surface area contributed by atoms with Gasteiger partial charge >= 0.3 is 0 Å². The van der Waals surface area contributed by atoms with E-state index in [2.05, 4.69) is 38.4 Å². The molecule has 2 heterocycles. The summed E-state index contributed by atoms with van der Waals surface area (Å²) in [6.45, 7) is 2.26. The van der Waals surface area contributed by atoms with Crippen molar-refractivity contribution in [3.63, 3.8) is 0 Å². The number of hydrogen-bond acceptors (Lipinski definition) is 3. The van der Waals surface area contributed by atoms with E-state index in [4.69, 9.17) is 4.74 Å². The molecule has 0 aromatic carbocycles. The molecule has 17 heavy (non-hydrogen) atoms. The molecule has 0 amide bonds. The number of methoxy groups -OCH3 is 1. The molecule has 1 fully saturated rings. The summed E-state index contributed by atoms with van der Waals surface area (Å²) in [5, 5.41) is 3.44. The number of nitrogens with zero attached hydrogens (tertiary/aromatic N) is 1. The van der Waals surface area contributed by atoms with Gasteiger partial charge in [0, 0.05) is 12.7 Å². The molecular weight excluding hydrogens is 280 g/mol. The molecule has 1 N–H and O–H groups in total. The Bertz CT molecular complexity index is 472. The van der Waals surface area contributed by atoms with Gasteiger partial charge in [0.05, 0.1) is 7.11 Å². The second kappa shape index (κ2) is 4.42. The molecule has 1 aromatic rings. The largest absolute Gasteiger partial charge is 0.494 e. The second-order valence-corrected chi connectivity index (χ2v) is 5.45. The van der Waals surface area contributed by atoms with Crippen LogP contribution in [0.3, 0.4) is 0 Å². The number of fused-ring (bicyclic) bond motifs is 1. The fraction of sp³-hybridized carbons (Fsp3) is 0.462. The van der Waals surface area contributed by atoms with Crippen LogP contribution in [0, 0.1) is 11.8 Å². The first-order chi connectivity index (χ1) is 8.28. The SMILES string of the molecule is COc1cc(C2=C[C@H]3CNC[C@H]3C2)cnc1Br. The fourth-order valence-corrected chi connectivity index (χ4v) is 3.12. The van der Waals surface area contributed by atoms with Gasteiger partial charge in [0.15, 0.2) is 5.75 Å². The highest BCUT2D eigenvalue weighted by molar-refractivity contribution is 9.10. The molecular formula is C13H15BrN2O. The molecule has 3 rings (SSSR count). The summed E-state index contributed by atoms with van der Waals surface area (Å²) < 4.78 is 6.06. The highest BCUT2D eigenvalue weighted by Crippen LogP contribution is 2.39. The Morgan fingerprint density at radius 1 is 1.47 bits per heavy atom. The third kappa shape index (κ3) is 2.00. The molecule has 2 aliphatic rings. The minimum atomic E-state index is 0.708. The van der Waals surface area contributed by atoms with E-state index in [-0.39, 0.29) is 0 Å². The van der Waals surface area contributed by atoms with Crippen molar-refractivity contribution < 1.29 is 4.74 Å². The predicted octanol–water partition coefficient (Wildman–Crippen LogP) is 2.48. The smallest absolute Gasteiger partial charge is 0.152 e. The van der Waals surface area contributed by atoms with E-state index in [1.165, 1.54) is 11.1 Å². The van der Waals surface area contributed by atoms with E-state index in [1.807, 2.05) is 6.20 Å². The lowest BCUT2D eigenvalue weighted by Gasteiger charge is -2.08. The van der Waals surface area contributed by atoms with Crippen LogP contribution in [0.4, 0.5) is 0 Å². The van der Waals surface area contributed by atoms with Crippen molar-refractivity contribution in [2.24, 2.45) is 11.8 Å². The lowest BCUT2D eigenvalue weighted by atomic mass is 9.99. The summed E-state index contributed by atoms with van der Waals surface area (Å²) in [5.41, 5.74) is 2.61. The molecule has 3 nitrogen and oxygen atoms in total. The number of rotatable bonds is 2.